The van der Waals surface area contributed by atoms with E-state index in [1.165, 1.54) is 7.11 Å². The molecule has 3 rings (SSSR count). The molecule has 0 N–H and O–H groups in total. The molecule has 1 aliphatic heterocycles. The largest absolute Gasteiger partial charge is 0.465 e. The third-order valence-electron chi connectivity index (χ3n) is 3.81. The number of carbonyl (C=O) groups is 1. The average Bonchev–Trinajstić information content (AvgIpc) is 3.15. The second-order valence-corrected chi connectivity index (χ2v) is 6.64. The second kappa shape index (κ2) is 6.39. The number of aryl methyl sites for hydroxylation is 1. The van der Waals surface area contributed by atoms with Gasteiger partial charge >= 0.3 is 5.97 Å². The molecule has 2 aromatic rings. The summed E-state index contributed by atoms with van der Waals surface area (Å²) >= 11 is 1.63. The number of aromatic nitrogens is 3. The molecular formula is C15H18N4O2S. The average molecular weight is 318 g/mol. The standard InChI is InChI=1S/C15H18N4O2S/c1-10-17-18-15(22-10)19-4-3-11(9-19)5-12-6-13(8-16-7-12)14(20)21-2/h6-8,11H,3-5,9H2,1-2H3. The van der Waals surface area contributed by atoms with E-state index in [1.807, 2.05) is 19.2 Å². The lowest BCUT2D eigenvalue weighted by molar-refractivity contribution is 0.0600. The molecule has 0 radical (unpaired) electrons. The summed E-state index contributed by atoms with van der Waals surface area (Å²) in [6, 6.07) is 1.87. The lowest BCUT2D eigenvalue weighted by Crippen LogP contribution is -2.20. The second-order valence-electron chi connectivity index (χ2n) is 5.48. The summed E-state index contributed by atoms with van der Waals surface area (Å²) in [5.74, 6) is 0.200. The first kappa shape index (κ1) is 14.9. The number of hydrogen-bond donors (Lipinski definition) is 0. The Morgan fingerprint density at radius 1 is 1.45 bits per heavy atom. The third kappa shape index (κ3) is 3.24. The zero-order chi connectivity index (χ0) is 15.5. The Morgan fingerprint density at radius 2 is 2.32 bits per heavy atom. The number of anilines is 1. The fraction of sp³-hybridized carbons (Fsp3) is 0.467. The zero-order valence-electron chi connectivity index (χ0n) is 12.7. The highest BCUT2D eigenvalue weighted by Gasteiger charge is 2.25. The van der Waals surface area contributed by atoms with E-state index >= 15 is 0 Å². The van der Waals surface area contributed by atoms with Crippen molar-refractivity contribution in [2.75, 3.05) is 25.1 Å². The van der Waals surface area contributed by atoms with E-state index in [9.17, 15) is 4.79 Å². The first-order valence-corrected chi connectivity index (χ1v) is 8.04. The molecular weight excluding hydrogens is 300 g/mol. The predicted octanol–water partition coefficient (Wildman–Crippen LogP) is 2.10. The number of nitrogens with zero attached hydrogens (tertiary/aromatic N) is 4. The smallest absolute Gasteiger partial charge is 0.339 e. The van der Waals surface area contributed by atoms with E-state index in [4.69, 9.17) is 4.74 Å². The Kier molecular flexibility index (Phi) is 4.33. The van der Waals surface area contributed by atoms with Crippen molar-refractivity contribution in [1.82, 2.24) is 15.2 Å². The fourth-order valence-corrected chi connectivity index (χ4v) is 3.47. The molecule has 0 bridgehead atoms. The predicted molar refractivity (Wildman–Crippen MR) is 84.2 cm³/mol. The van der Waals surface area contributed by atoms with E-state index in [0.29, 0.717) is 11.5 Å². The molecule has 116 valence electrons. The van der Waals surface area contributed by atoms with Crippen LogP contribution < -0.4 is 4.90 Å². The van der Waals surface area contributed by atoms with E-state index in [0.717, 1.165) is 41.6 Å². The first-order valence-electron chi connectivity index (χ1n) is 7.23. The van der Waals surface area contributed by atoms with Crippen LogP contribution in [0, 0.1) is 12.8 Å². The van der Waals surface area contributed by atoms with Crippen LogP contribution in [0.4, 0.5) is 5.13 Å². The Hall–Kier alpha value is -2.02. The van der Waals surface area contributed by atoms with Gasteiger partial charge in [-0.15, -0.1) is 10.2 Å². The van der Waals surface area contributed by atoms with E-state index < -0.39 is 0 Å². The van der Waals surface area contributed by atoms with Gasteiger partial charge in [-0.2, -0.15) is 0 Å². The van der Waals surface area contributed by atoms with Crippen molar-refractivity contribution in [3.8, 4) is 0 Å². The van der Waals surface area contributed by atoms with E-state index in [-0.39, 0.29) is 5.97 Å². The lowest BCUT2D eigenvalue weighted by Gasteiger charge is -2.14. The summed E-state index contributed by atoms with van der Waals surface area (Å²) in [6.45, 7) is 3.94. The number of ether oxygens (including phenoxy) is 1. The van der Waals surface area contributed by atoms with Crippen LogP contribution >= 0.6 is 11.3 Å². The van der Waals surface area contributed by atoms with Crippen LogP contribution in [0.3, 0.4) is 0 Å². The monoisotopic (exact) mass is 318 g/mol. The van der Waals surface area contributed by atoms with Gasteiger partial charge < -0.3 is 9.64 Å². The molecule has 0 aromatic carbocycles. The topological polar surface area (TPSA) is 68.2 Å². The van der Waals surface area contributed by atoms with Crippen molar-refractivity contribution in [1.29, 1.82) is 0 Å². The molecule has 22 heavy (non-hydrogen) atoms. The highest BCUT2D eigenvalue weighted by Crippen LogP contribution is 2.28. The maximum Gasteiger partial charge on any atom is 0.339 e. The molecule has 2 aromatic heterocycles. The Bertz CT molecular complexity index is 673. The molecule has 1 fully saturated rings. The van der Waals surface area contributed by atoms with Crippen molar-refractivity contribution >= 4 is 22.4 Å². The van der Waals surface area contributed by atoms with Crippen LogP contribution in [-0.4, -0.2) is 41.3 Å². The summed E-state index contributed by atoms with van der Waals surface area (Å²) in [4.78, 5) is 18.0. The van der Waals surface area contributed by atoms with Crippen LogP contribution in [0.2, 0.25) is 0 Å². The summed E-state index contributed by atoms with van der Waals surface area (Å²) < 4.78 is 4.74. The van der Waals surface area contributed by atoms with Crippen LogP contribution in [0.1, 0.15) is 27.3 Å². The molecule has 1 unspecified atom stereocenters. The van der Waals surface area contributed by atoms with Gasteiger partial charge in [0.25, 0.3) is 0 Å². The maximum absolute atomic E-state index is 11.6. The van der Waals surface area contributed by atoms with Gasteiger partial charge in [0.1, 0.15) is 5.01 Å². The van der Waals surface area contributed by atoms with Crippen molar-refractivity contribution in [2.24, 2.45) is 5.92 Å². The minimum atomic E-state index is -0.341. The fourth-order valence-electron chi connectivity index (χ4n) is 2.75. The summed E-state index contributed by atoms with van der Waals surface area (Å²) in [7, 11) is 1.38. The molecule has 1 atom stereocenters. The number of methoxy groups -OCH3 is 1. The van der Waals surface area contributed by atoms with Gasteiger partial charge in [-0.1, -0.05) is 11.3 Å². The van der Waals surface area contributed by atoms with Crippen molar-refractivity contribution < 1.29 is 9.53 Å². The Balaban J connectivity index is 1.64. The van der Waals surface area contributed by atoms with Crippen LogP contribution in [-0.2, 0) is 11.2 Å². The molecule has 1 aliphatic rings. The molecule has 0 aliphatic carbocycles. The van der Waals surface area contributed by atoms with Gasteiger partial charge in [0, 0.05) is 25.5 Å². The molecule has 0 saturated carbocycles. The van der Waals surface area contributed by atoms with Crippen LogP contribution in [0.5, 0.6) is 0 Å². The van der Waals surface area contributed by atoms with Gasteiger partial charge in [-0.25, -0.2) is 4.79 Å². The minimum absolute atomic E-state index is 0.341. The molecule has 1 saturated heterocycles. The van der Waals surface area contributed by atoms with Gasteiger partial charge in [0.05, 0.1) is 12.7 Å². The van der Waals surface area contributed by atoms with Gasteiger partial charge in [0.2, 0.25) is 5.13 Å². The number of rotatable bonds is 4. The minimum Gasteiger partial charge on any atom is -0.465 e. The SMILES string of the molecule is COC(=O)c1cncc(CC2CCN(c3nnc(C)s3)C2)c1. The number of carbonyl (C=O) groups excluding carboxylic acids is 1. The highest BCUT2D eigenvalue weighted by atomic mass is 32.1. The highest BCUT2D eigenvalue weighted by molar-refractivity contribution is 7.15. The van der Waals surface area contributed by atoms with Crippen molar-refractivity contribution in [3.63, 3.8) is 0 Å². The maximum atomic E-state index is 11.6. The van der Waals surface area contributed by atoms with Gasteiger partial charge in [-0.3, -0.25) is 4.98 Å². The van der Waals surface area contributed by atoms with Crippen LogP contribution in [0.15, 0.2) is 18.5 Å². The Morgan fingerprint density at radius 3 is 3.05 bits per heavy atom. The summed E-state index contributed by atoms with van der Waals surface area (Å²) in [5.41, 5.74) is 1.58. The molecule has 3 heterocycles. The van der Waals surface area contributed by atoms with Crippen molar-refractivity contribution in [2.45, 2.75) is 19.8 Å². The lowest BCUT2D eigenvalue weighted by atomic mass is 9.99. The zero-order valence-corrected chi connectivity index (χ0v) is 13.5. The third-order valence-corrected chi connectivity index (χ3v) is 4.71. The molecule has 6 nitrogen and oxygen atoms in total. The summed E-state index contributed by atoms with van der Waals surface area (Å²) in [5, 5.41) is 10.3. The number of pyridine rings is 1. The summed E-state index contributed by atoms with van der Waals surface area (Å²) in [6.07, 6.45) is 5.39. The number of esters is 1. The first-order chi connectivity index (χ1) is 10.7. The van der Waals surface area contributed by atoms with Gasteiger partial charge in [-0.05, 0) is 37.3 Å². The van der Waals surface area contributed by atoms with E-state index in [2.05, 4.69) is 20.1 Å². The normalized spacial score (nSPS) is 17.7. The van der Waals surface area contributed by atoms with Gasteiger partial charge in [0.15, 0.2) is 0 Å². The van der Waals surface area contributed by atoms with Crippen LogP contribution in [0.25, 0.3) is 0 Å². The Labute approximate surface area is 133 Å². The molecule has 0 amide bonds. The van der Waals surface area contributed by atoms with Crippen molar-refractivity contribution in [3.05, 3.63) is 34.6 Å². The molecule has 7 heteroatoms. The molecule has 0 spiro atoms. The number of hydrogen-bond acceptors (Lipinski definition) is 7. The quantitative estimate of drug-likeness (QED) is 0.804. The van der Waals surface area contributed by atoms with E-state index in [1.54, 1.807) is 17.5 Å².